The number of carboxylic acid groups (broad SMARTS) is 1. The Morgan fingerprint density at radius 1 is 1.60 bits per heavy atom. The molecule has 0 aliphatic carbocycles. The lowest BCUT2D eigenvalue weighted by atomic mass is 10.3. The van der Waals surface area contributed by atoms with E-state index in [0.29, 0.717) is 0 Å². The highest BCUT2D eigenvalue weighted by atomic mass is 19.4. The third-order valence-electron chi connectivity index (χ3n) is 1.79. The van der Waals surface area contributed by atoms with E-state index in [4.69, 9.17) is 5.11 Å². The minimum Gasteiger partial charge on any atom is -0.481 e. The number of rotatable bonds is 3. The largest absolute Gasteiger partial charge is 0.481 e. The lowest BCUT2D eigenvalue weighted by Crippen LogP contribution is -2.09. The Morgan fingerprint density at radius 3 is 2.60 bits per heavy atom. The average Bonchev–Trinajstić information content (AvgIpc) is 2.45. The predicted molar refractivity (Wildman–Crippen MR) is 44.2 cm³/mol. The van der Waals surface area contributed by atoms with Crippen LogP contribution in [0.15, 0.2) is 6.07 Å². The molecule has 1 N–H and O–H groups in total. The van der Waals surface area contributed by atoms with E-state index in [1.165, 1.54) is 0 Å². The quantitative estimate of drug-likeness (QED) is 0.844. The molecule has 0 spiro atoms. The highest BCUT2D eigenvalue weighted by molar-refractivity contribution is 5.69. The van der Waals surface area contributed by atoms with Gasteiger partial charge in [0.2, 0.25) is 0 Å². The third kappa shape index (κ3) is 2.71. The lowest BCUT2D eigenvalue weighted by Gasteiger charge is -2.01. The summed E-state index contributed by atoms with van der Waals surface area (Å²) in [7, 11) is 0. The first-order valence-electron chi connectivity index (χ1n) is 4.20. The molecule has 84 valence electrons. The van der Waals surface area contributed by atoms with Gasteiger partial charge < -0.3 is 5.11 Å². The van der Waals surface area contributed by atoms with Crippen LogP contribution in [-0.2, 0) is 23.9 Å². The first kappa shape index (κ1) is 11.5. The summed E-state index contributed by atoms with van der Waals surface area (Å²) in [6.45, 7) is 1.80. The molecule has 0 radical (unpaired) electrons. The van der Waals surface area contributed by atoms with Crippen molar-refractivity contribution in [3.05, 3.63) is 17.5 Å². The van der Waals surface area contributed by atoms with Crippen molar-refractivity contribution in [2.45, 2.75) is 26.1 Å². The van der Waals surface area contributed by atoms with E-state index < -0.39 is 24.3 Å². The Morgan fingerprint density at radius 2 is 2.20 bits per heavy atom. The fourth-order valence-electron chi connectivity index (χ4n) is 1.17. The average molecular weight is 222 g/mol. The number of alkyl halides is 3. The molecule has 1 rings (SSSR count). The van der Waals surface area contributed by atoms with Gasteiger partial charge >= 0.3 is 12.1 Å². The Balaban J connectivity index is 3.06. The summed E-state index contributed by atoms with van der Waals surface area (Å²) >= 11 is 0. The molecule has 0 unspecified atom stereocenters. The van der Waals surface area contributed by atoms with Crippen molar-refractivity contribution in [3.8, 4) is 0 Å². The molecule has 0 aromatic carbocycles. The Bertz CT molecular complexity index is 370. The van der Waals surface area contributed by atoms with Gasteiger partial charge in [-0.2, -0.15) is 18.3 Å². The Labute approximate surface area is 83.3 Å². The maximum absolute atomic E-state index is 12.2. The molecular weight excluding hydrogens is 213 g/mol. The van der Waals surface area contributed by atoms with Crippen molar-refractivity contribution in [2.24, 2.45) is 0 Å². The number of hydrogen-bond donors (Lipinski definition) is 1. The SMILES string of the molecule is CCn1nc(C(F)(F)F)cc1CC(=O)O. The maximum Gasteiger partial charge on any atom is 0.435 e. The minimum atomic E-state index is -4.53. The van der Waals surface area contributed by atoms with Gasteiger partial charge in [0, 0.05) is 6.54 Å². The lowest BCUT2D eigenvalue weighted by molar-refractivity contribution is -0.141. The van der Waals surface area contributed by atoms with Crippen LogP contribution in [0.1, 0.15) is 18.3 Å². The van der Waals surface area contributed by atoms with Crippen molar-refractivity contribution in [1.29, 1.82) is 0 Å². The number of aromatic nitrogens is 2. The van der Waals surface area contributed by atoms with E-state index in [2.05, 4.69) is 5.10 Å². The van der Waals surface area contributed by atoms with Gasteiger partial charge in [-0.15, -0.1) is 0 Å². The smallest absolute Gasteiger partial charge is 0.435 e. The molecule has 15 heavy (non-hydrogen) atoms. The molecule has 0 bridgehead atoms. The van der Waals surface area contributed by atoms with Crippen LogP contribution in [0.5, 0.6) is 0 Å². The number of aliphatic carboxylic acids is 1. The summed E-state index contributed by atoms with van der Waals surface area (Å²) < 4.78 is 37.7. The molecule has 0 saturated heterocycles. The fraction of sp³-hybridized carbons (Fsp3) is 0.500. The van der Waals surface area contributed by atoms with E-state index in [0.717, 1.165) is 10.7 Å². The number of hydrogen-bond acceptors (Lipinski definition) is 2. The topological polar surface area (TPSA) is 55.1 Å². The molecule has 1 heterocycles. The minimum absolute atomic E-state index is 0.0531. The number of nitrogens with zero attached hydrogens (tertiary/aromatic N) is 2. The molecule has 0 fully saturated rings. The highest BCUT2D eigenvalue weighted by Gasteiger charge is 2.34. The molecule has 1 aromatic heterocycles. The zero-order valence-electron chi connectivity index (χ0n) is 7.88. The number of aryl methyl sites for hydroxylation is 1. The summed E-state index contributed by atoms with van der Waals surface area (Å²) in [4.78, 5) is 10.4. The molecule has 0 saturated carbocycles. The van der Waals surface area contributed by atoms with Crippen LogP contribution in [0.25, 0.3) is 0 Å². The van der Waals surface area contributed by atoms with Crippen LogP contribution in [0.2, 0.25) is 0 Å². The predicted octanol–water partition coefficient (Wildman–Crippen LogP) is 1.55. The number of carboxylic acids is 1. The number of carbonyl (C=O) groups is 1. The van der Waals surface area contributed by atoms with Gasteiger partial charge in [0.05, 0.1) is 12.1 Å². The first-order valence-corrected chi connectivity index (χ1v) is 4.20. The van der Waals surface area contributed by atoms with Crippen LogP contribution >= 0.6 is 0 Å². The van der Waals surface area contributed by atoms with Crippen LogP contribution < -0.4 is 0 Å². The normalized spacial score (nSPS) is 11.7. The zero-order valence-corrected chi connectivity index (χ0v) is 7.88. The summed E-state index contributed by atoms with van der Waals surface area (Å²) in [5, 5.41) is 11.8. The van der Waals surface area contributed by atoms with E-state index in [1.54, 1.807) is 6.92 Å². The summed E-state index contributed by atoms with van der Waals surface area (Å²) in [6, 6.07) is 0.762. The van der Waals surface area contributed by atoms with E-state index in [1.807, 2.05) is 0 Å². The van der Waals surface area contributed by atoms with Crippen molar-refractivity contribution in [2.75, 3.05) is 0 Å². The number of halogens is 3. The second-order valence-corrected chi connectivity index (χ2v) is 2.90. The summed E-state index contributed by atoms with van der Waals surface area (Å²) in [5.74, 6) is -1.18. The van der Waals surface area contributed by atoms with E-state index in [9.17, 15) is 18.0 Å². The Hall–Kier alpha value is -1.53. The monoisotopic (exact) mass is 222 g/mol. The van der Waals surface area contributed by atoms with Gasteiger partial charge in [0.15, 0.2) is 5.69 Å². The molecule has 0 atom stereocenters. The molecule has 0 aliphatic rings. The first-order chi connectivity index (χ1) is 6.84. The van der Waals surface area contributed by atoms with Crippen molar-refractivity contribution < 1.29 is 23.1 Å². The maximum atomic E-state index is 12.2. The van der Waals surface area contributed by atoms with E-state index >= 15 is 0 Å². The van der Waals surface area contributed by atoms with Gasteiger partial charge in [-0.25, -0.2) is 0 Å². The summed E-state index contributed by atoms with van der Waals surface area (Å²) in [6.07, 6.45) is -5.00. The van der Waals surface area contributed by atoms with Crippen molar-refractivity contribution >= 4 is 5.97 Å². The van der Waals surface area contributed by atoms with Crippen molar-refractivity contribution in [3.63, 3.8) is 0 Å². The zero-order chi connectivity index (χ0) is 11.6. The summed E-state index contributed by atoms with van der Waals surface area (Å²) in [5.41, 5.74) is -1.00. The van der Waals surface area contributed by atoms with Crippen LogP contribution in [0.4, 0.5) is 13.2 Å². The van der Waals surface area contributed by atoms with Crippen LogP contribution in [0, 0.1) is 0 Å². The molecular formula is C8H9F3N2O2. The Kier molecular flexibility index (Phi) is 3.01. The molecule has 7 heteroatoms. The van der Waals surface area contributed by atoms with E-state index in [-0.39, 0.29) is 12.2 Å². The second kappa shape index (κ2) is 3.92. The van der Waals surface area contributed by atoms with Crippen molar-refractivity contribution in [1.82, 2.24) is 9.78 Å². The third-order valence-corrected chi connectivity index (χ3v) is 1.79. The van der Waals surface area contributed by atoms with Gasteiger partial charge in [0.25, 0.3) is 0 Å². The second-order valence-electron chi connectivity index (χ2n) is 2.90. The van der Waals surface area contributed by atoms with Crippen LogP contribution in [-0.4, -0.2) is 20.9 Å². The van der Waals surface area contributed by atoms with Gasteiger partial charge in [-0.3, -0.25) is 9.48 Å². The van der Waals surface area contributed by atoms with Gasteiger partial charge in [-0.05, 0) is 13.0 Å². The fourth-order valence-corrected chi connectivity index (χ4v) is 1.17. The molecule has 0 aliphatic heterocycles. The van der Waals surface area contributed by atoms with Crippen LogP contribution in [0.3, 0.4) is 0 Å². The molecule has 0 amide bonds. The molecule has 1 aromatic rings. The standard InChI is InChI=1S/C8H9F3N2O2/c1-2-13-5(4-7(14)15)3-6(12-13)8(9,10)11/h3H,2,4H2,1H3,(H,14,15). The van der Waals surface area contributed by atoms with Gasteiger partial charge in [-0.1, -0.05) is 0 Å². The van der Waals surface area contributed by atoms with Gasteiger partial charge in [0.1, 0.15) is 0 Å². The molecule has 4 nitrogen and oxygen atoms in total. The highest BCUT2D eigenvalue weighted by Crippen LogP contribution is 2.28.